The number of rotatable bonds is 7. The molecule has 0 aliphatic heterocycles. The molecule has 2 rings (SSSR count). The van der Waals surface area contributed by atoms with Crippen molar-refractivity contribution >= 4 is 29.0 Å². The van der Waals surface area contributed by atoms with Gasteiger partial charge in [-0.2, -0.15) is 0 Å². The lowest BCUT2D eigenvalue weighted by Gasteiger charge is -2.11. The fourth-order valence-corrected chi connectivity index (χ4v) is 3.41. The summed E-state index contributed by atoms with van der Waals surface area (Å²) in [5, 5.41) is 13.3. The van der Waals surface area contributed by atoms with Crippen molar-refractivity contribution < 1.29 is 4.79 Å². The summed E-state index contributed by atoms with van der Waals surface area (Å²) in [6, 6.07) is 7.60. The van der Waals surface area contributed by atoms with Crippen molar-refractivity contribution in [3.8, 4) is 0 Å². The summed E-state index contributed by atoms with van der Waals surface area (Å²) in [5.74, 6) is 0.770. The van der Waals surface area contributed by atoms with E-state index in [2.05, 4.69) is 31.2 Å². The SMILES string of the molecule is CCNC(=NCc1ccc(NC(=O)NC(C)C)cc1)NCc1sc(C)nc1C. The Bertz CT molecular complexity index is 798. The maximum Gasteiger partial charge on any atom is 0.319 e. The first-order chi connectivity index (χ1) is 13.4. The quantitative estimate of drug-likeness (QED) is 0.421. The number of urea groups is 1. The number of hydrogen-bond donors (Lipinski definition) is 4. The van der Waals surface area contributed by atoms with E-state index in [1.165, 1.54) is 4.88 Å². The van der Waals surface area contributed by atoms with Crippen molar-refractivity contribution in [3.05, 3.63) is 45.4 Å². The summed E-state index contributed by atoms with van der Waals surface area (Å²) in [6.45, 7) is 12.0. The minimum absolute atomic E-state index is 0.100. The van der Waals surface area contributed by atoms with Gasteiger partial charge in [0.05, 0.1) is 23.8 Å². The molecule has 1 aromatic carbocycles. The van der Waals surface area contributed by atoms with Crippen LogP contribution in [0, 0.1) is 13.8 Å². The molecule has 7 nitrogen and oxygen atoms in total. The first-order valence-corrected chi connectivity index (χ1v) is 10.3. The molecule has 4 N–H and O–H groups in total. The zero-order chi connectivity index (χ0) is 20.5. The smallest absolute Gasteiger partial charge is 0.319 e. The van der Waals surface area contributed by atoms with Crippen LogP contribution in [0.5, 0.6) is 0 Å². The fraction of sp³-hybridized carbons (Fsp3) is 0.450. The topological polar surface area (TPSA) is 90.4 Å². The average Bonchev–Trinajstić information content (AvgIpc) is 2.95. The molecule has 1 aromatic heterocycles. The largest absolute Gasteiger partial charge is 0.357 e. The molecule has 152 valence electrons. The highest BCUT2D eigenvalue weighted by molar-refractivity contribution is 7.11. The Kier molecular flexibility index (Phi) is 8.25. The molecule has 28 heavy (non-hydrogen) atoms. The second kappa shape index (κ2) is 10.7. The molecule has 2 amide bonds. The van der Waals surface area contributed by atoms with Gasteiger partial charge >= 0.3 is 6.03 Å². The zero-order valence-corrected chi connectivity index (χ0v) is 18.0. The summed E-state index contributed by atoms with van der Waals surface area (Å²) in [6.07, 6.45) is 0. The number of carbonyl (C=O) groups is 1. The normalized spacial score (nSPS) is 11.4. The Morgan fingerprint density at radius 2 is 1.89 bits per heavy atom. The lowest BCUT2D eigenvalue weighted by Crippen LogP contribution is -2.36. The van der Waals surface area contributed by atoms with Gasteiger partial charge in [0.25, 0.3) is 0 Å². The van der Waals surface area contributed by atoms with Crippen LogP contribution in [0.2, 0.25) is 0 Å². The van der Waals surface area contributed by atoms with Crippen molar-refractivity contribution in [1.29, 1.82) is 0 Å². The number of nitrogens with one attached hydrogen (secondary N) is 4. The second-order valence-corrected chi connectivity index (χ2v) is 8.03. The minimum Gasteiger partial charge on any atom is -0.357 e. The first kappa shape index (κ1) is 21.7. The highest BCUT2D eigenvalue weighted by Gasteiger charge is 2.06. The van der Waals surface area contributed by atoms with Crippen LogP contribution in [0.4, 0.5) is 10.5 Å². The van der Waals surface area contributed by atoms with Crippen LogP contribution < -0.4 is 21.3 Å². The van der Waals surface area contributed by atoms with Gasteiger partial charge in [0.2, 0.25) is 0 Å². The van der Waals surface area contributed by atoms with E-state index in [0.717, 1.165) is 34.5 Å². The second-order valence-electron chi connectivity index (χ2n) is 6.74. The van der Waals surface area contributed by atoms with Gasteiger partial charge in [-0.25, -0.2) is 14.8 Å². The Morgan fingerprint density at radius 1 is 1.18 bits per heavy atom. The average molecular weight is 403 g/mol. The predicted molar refractivity (Wildman–Crippen MR) is 117 cm³/mol. The minimum atomic E-state index is -0.201. The van der Waals surface area contributed by atoms with Crippen LogP contribution >= 0.6 is 11.3 Å². The summed E-state index contributed by atoms with van der Waals surface area (Å²) >= 11 is 1.70. The number of carbonyl (C=O) groups excluding carboxylic acids is 1. The number of thiazole rings is 1. The molecule has 0 radical (unpaired) electrons. The molecule has 0 saturated heterocycles. The lowest BCUT2D eigenvalue weighted by molar-refractivity contribution is 0.250. The Balaban J connectivity index is 1.92. The molecule has 0 atom stereocenters. The monoisotopic (exact) mass is 402 g/mol. The molecule has 0 aliphatic carbocycles. The number of guanidine groups is 1. The molecule has 0 bridgehead atoms. The number of hydrogen-bond acceptors (Lipinski definition) is 4. The summed E-state index contributed by atoms with van der Waals surface area (Å²) in [5.41, 5.74) is 2.89. The summed E-state index contributed by atoms with van der Waals surface area (Å²) in [7, 11) is 0. The highest BCUT2D eigenvalue weighted by Crippen LogP contribution is 2.16. The van der Waals surface area contributed by atoms with E-state index in [-0.39, 0.29) is 12.1 Å². The number of anilines is 1. The number of benzene rings is 1. The third kappa shape index (κ3) is 7.19. The van der Waals surface area contributed by atoms with E-state index in [0.29, 0.717) is 13.1 Å². The zero-order valence-electron chi connectivity index (χ0n) is 17.2. The molecule has 0 saturated carbocycles. The Morgan fingerprint density at radius 3 is 2.46 bits per heavy atom. The van der Waals surface area contributed by atoms with Gasteiger partial charge in [-0.3, -0.25) is 0 Å². The van der Waals surface area contributed by atoms with E-state index in [4.69, 9.17) is 0 Å². The summed E-state index contributed by atoms with van der Waals surface area (Å²) < 4.78 is 0. The van der Waals surface area contributed by atoms with Crippen LogP contribution in [0.15, 0.2) is 29.3 Å². The van der Waals surface area contributed by atoms with Gasteiger partial charge < -0.3 is 21.3 Å². The van der Waals surface area contributed by atoms with E-state index in [1.807, 2.05) is 58.9 Å². The van der Waals surface area contributed by atoms with E-state index in [1.54, 1.807) is 11.3 Å². The number of amides is 2. The van der Waals surface area contributed by atoms with Crippen molar-refractivity contribution in [2.24, 2.45) is 4.99 Å². The van der Waals surface area contributed by atoms with Crippen LogP contribution in [-0.2, 0) is 13.1 Å². The van der Waals surface area contributed by atoms with E-state index >= 15 is 0 Å². The maximum absolute atomic E-state index is 11.7. The van der Waals surface area contributed by atoms with Gasteiger partial charge in [-0.05, 0) is 52.3 Å². The van der Waals surface area contributed by atoms with Gasteiger partial charge in [-0.1, -0.05) is 12.1 Å². The van der Waals surface area contributed by atoms with Crippen LogP contribution in [-0.4, -0.2) is 29.6 Å². The van der Waals surface area contributed by atoms with Gasteiger partial charge in [-0.15, -0.1) is 11.3 Å². The number of aryl methyl sites for hydroxylation is 2. The predicted octanol–water partition coefficient (Wildman–Crippen LogP) is 3.55. The third-order valence-electron chi connectivity index (χ3n) is 3.81. The lowest BCUT2D eigenvalue weighted by atomic mass is 10.2. The standard InChI is InChI=1S/C20H30N6OS/c1-6-21-19(23-12-18-14(4)25-15(5)28-18)22-11-16-7-9-17(10-8-16)26-20(27)24-13(2)3/h7-10,13H,6,11-12H2,1-5H3,(H2,21,22,23)(H2,24,26,27). The Hall–Kier alpha value is -2.61. The maximum atomic E-state index is 11.7. The molecule has 0 fully saturated rings. The van der Waals surface area contributed by atoms with Gasteiger partial charge in [0.15, 0.2) is 5.96 Å². The molecular formula is C20H30N6OS. The molecule has 0 unspecified atom stereocenters. The highest BCUT2D eigenvalue weighted by atomic mass is 32.1. The van der Waals surface area contributed by atoms with Gasteiger partial charge in [0, 0.05) is 23.2 Å². The molecule has 0 aliphatic rings. The Labute approximate surface area is 171 Å². The molecule has 1 heterocycles. The van der Waals surface area contributed by atoms with E-state index in [9.17, 15) is 4.79 Å². The third-order valence-corrected chi connectivity index (χ3v) is 4.88. The van der Waals surface area contributed by atoms with Crippen LogP contribution in [0.25, 0.3) is 0 Å². The fourth-order valence-electron chi connectivity index (χ4n) is 2.54. The van der Waals surface area contributed by atoms with E-state index < -0.39 is 0 Å². The number of nitrogens with zero attached hydrogens (tertiary/aromatic N) is 2. The van der Waals surface area contributed by atoms with Crippen molar-refractivity contribution in [2.75, 3.05) is 11.9 Å². The molecule has 0 spiro atoms. The first-order valence-electron chi connectivity index (χ1n) is 9.49. The summed E-state index contributed by atoms with van der Waals surface area (Å²) in [4.78, 5) is 22.1. The molecule has 8 heteroatoms. The van der Waals surface area contributed by atoms with Crippen molar-refractivity contribution in [3.63, 3.8) is 0 Å². The van der Waals surface area contributed by atoms with Gasteiger partial charge in [0.1, 0.15) is 0 Å². The van der Waals surface area contributed by atoms with Crippen molar-refractivity contribution in [1.82, 2.24) is 20.9 Å². The number of aliphatic imine (C=N–C) groups is 1. The molecule has 2 aromatic rings. The van der Waals surface area contributed by atoms with Crippen LogP contribution in [0.1, 0.15) is 41.9 Å². The molecular weight excluding hydrogens is 372 g/mol. The number of aromatic nitrogens is 1. The van der Waals surface area contributed by atoms with Crippen LogP contribution in [0.3, 0.4) is 0 Å². The van der Waals surface area contributed by atoms with Crippen molar-refractivity contribution in [2.45, 2.75) is 53.8 Å².